The predicted octanol–water partition coefficient (Wildman–Crippen LogP) is 2.40. The monoisotopic (exact) mass is 259 g/mol. The van der Waals surface area contributed by atoms with E-state index in [1.54, 1.807) is 6.20 Å². The molecule has 0 aliphatic carbocycles. The summed E-state index contributed by atoms with van der Waals surface area (Å²) in [6, 6.07) is 6.45. The van der Waals surface area contributed by atoms with Crippen molar-refractivity contribution in [3.63, 3.8) is 0 Å². The zero-order valence-electron chi connectivity index (χ0n) is 10.9. The number of hydroxylamine groups is 2. The van der Waals surface area contributed by atoms with Crippen LogP contribution in [-0.4, -0.2) is 4.99 Å². The van der Waals surface area contributed by atoms with Crippen molar-refractivity contribution >= 4 is 17.2 Å². The summed E-state index contributed by atoms with van der Waals surface area (Å²) in [6.07, 6.45) is 4.31. The maximum absolute atomic E-state index is 11.5. The van der Waals surface area contributed by atoms with Crippen molar-refractivity contribution in [2.45, 2.75) is 27.2 Å². The molecular formula is C15H17NOS. The molecule has 0 saturated carbocycles. The van der Waals surface area contributed by atoms with E-state index in [2.05, 4.69) is 32.0 Å². The summed E-state index contributed by atoms with van der Waals surface area (Å²) in [5.41, 5.74) is 5.92. The van der Waals surface area contributed by atoms with Crippen LogP contribution in [0.1, 0.15) is 23.6 Å². The number of quaternary nitrogens is 1. The van der Waals surface area contributed by atoms with E-state index in [9.17, 15) is 5.21 Å². The topological polar surface area (TPSA) is 27.5 Å². The van der Waals surface area contributed by atoms with Gasteiger partial charge >= 0.3 is 0 Å². The average molecular weight is 259 g/mol. The van der Waals surface area contributed by atoms with E-state index in [1.807, 2.05) is 13.0 Å². The molecule has 3 heteroatoms. The fourth-order valence-corrected chi connectivity index (χ4v) is 2.29. The molecule has 2 rings (SSSR count). The summed E-state index contributed by atoms with van der Waals surface area (Å²) in [7, 11) is 0. The van der Waals surface area contributed by atoms with Gasteiger partial charge in [0.2, 0.25) is 4.99 Å². The molecule has 94 valence electrons. The third kappa shape index (κ3) is 2.58. The molecule has 18 heavy (non-hydrogen) atoms. The Bertz CT molecular complexity index is 558. The van der Waals surface area contributed by atoms with Crippen LogP contribution in [0.4, 0.5) is 0 Å². The highest BCUT2D eigenvalue weighted by atomic mass is 32.1. The lowest BCUT2D eigenvalue weighted by molar-refractivity contribution is -0.680. The SMILES string of the molecule is CC1=C(Cc2cc(C)ccc2C)C=C[NH+]([O-])C1=S. The summed E-state index contributed by atoms with van der Waals surface area (Å²) < 4.78 is 0. The first kappa shape index (κ1) is 13.1. The Labute approximate surface area is 113 Å². The van der Waals surface area contributed by atoms with Crippen molar-refractivity contribution in [3.8, 4) is 0 Å². The number of thiocarbonyl (C=S) groups is 1. The van der Waals surface area contributed by atoms with Crippen LogP contribution in [0, 0.1) is 19.1 Å². The van der Waals surface area contributed by atoms with Crippen molar-refractivity contribution in [3.05, 3.63) is 63.5 Å². The third-order valence-corrected chi connectivity index (χ3v) is 3.87. The van der Waals surface area contributed by atoms with E-state index < -0.39 is 0 Å². The molecule has 0 amide bonds. The van der Waals surface area contributed by atoms with Crippen molar-refractivity contribution in [1.29, 1.82) is 0 Å². The molecule has 1 unspecified atom stereocenters. The molecule has 2 nitrogen and oxygen atoms in total. The Kier molecular flexibility index (Phi) is 3.76. The first-order chi connectivity index (χ1) is 8.49. The summed E-state index contributed by atoms with van der Waals surface area (Å²) in [5, 5.41) is 11.4. The van der Waals surface area contributed by atoms with Gasteiger partial charge in [0.1, 0.15) is 6.20 Å². The quantitative estimate of drug-likeness (QED) is 0.652. The van der Waals surface area contributed by atoms with Gasteiger partial charge in [-0.1, -0.05) is 23.8 Å². The number of benzene rings is 1. The minimum atomic E-state index is -0.0489. The number of hydrogen-bond acceptors (Lipinski definition) is 2. The summed E-state index contributed by atoms with van der Waals surface area (Å²) in [4.78, 5) is 0.456. The van der Waals surface area contributed by atoms with E-state index in [4.69, 9.17) is 12.2 Å². The molecule has 0 aromatic heterocycles. The van der Waals surface area contributed by atoms with Gasteiger partial charge in [-0.15, -0.1) is 0 Å². The third-order valence-electron chi connectivity index (χ3n) is 3.37. The number of rotatable bonds is 2. The molecular weight excluding hydrogens is 242 g/mol. The van der Waals surface area contributed by atoms with E-state index in [1.165, 1.54) is 16.7 Å². The zero-order valence-corrected chi connectivity index (χ0v) is 11.7. The van der Waals surface area contributed by atoms with Gasteiger partial charge in [0.15, 0.2) is 0 Å². The van der Waals surface area contributed by atoms with Crippen LogP contribution in [0.2, 0.25) is 0 Å². The normalized spacial score (nSPS) is 19.6. The van der Waals surface area contributed by atoms with Crippen molar-refractivity contribution in [1.82, 2.24) is 0 Å². The average Bonchev–Trinajstić information content (AvgIpc) is 2.34. The first-order valence-corrected chi connectivity index (χ1v) is 6.42. The largest absolute Gasteiger partial charge is 0.623 e. The second-order valence-electron chi connectivity index (χ2n) is 4.78. The van der Waals surface area contributed by atoms with Gasteiger partial charge in [-0.25, -0.2) is 0 Å². The van der Waals surface area contributed by atoms with E-state index >= 15 is 0 Å². The summed E-state index contributed by atoms with van der Waals surface area (Å²) in [5.74, 6) is 0. The van der Waals surface area contributed by atoms with Gasteiger partial charge in [0, 0.05) is 5.57 Å². The van der Waals surface area contributed by atoms with Crippen LogP contribution in [-0.2, 0) is 6.42 Å². The van der Waals surface area contributed by atoms with Crippen LogP contribution in [0.5, 0.6) is 0 Å². The Morgan fingerprint density at radius 1 is 1.22 bits per heavy atom. The Hall–Kier alpha value is -1.29. The smallest absolute Gasteiger partial charge is 0.204 e. The van der Waals surface area contributed by atoms with E-state index in [0.717, 1.165) is 17.6 Å². The van der Waals surface area contributed by atoms with Crippen LogP contribution >= 0.6 is 12.2 Å². The number of hydrogen-bond donors (Lipinski definition) is 1. The van der Waals surface area contributed by atoms with Gasteiger partial charge in [-0.3, -0.25) is 0 Å². The minimum Gasteiger partial charge on any atom is -0.623 e. The standard InChI is InChI=1S/C15H17NOS/c1-10-4-5-11(2)14(8-10)9-13-6-7-16(17)15(18)12(13)3/h4-8,16H,9H2,1-3H3. The van der Waals surface area contributed by atoms with Gasteiger partial charge in [0.05, 0.1) is 0 Å². The minimum absolute atomic E-state index is 0.0489. The number of nitrogens with one attached hydrogen (secondary N) is 1. The zero-order chi connectivity index (χ0) is 13.3. The lowest BCUT2D eigenvalue weighted by Crippen LogP contribution is -3.05. The molecule has 1 heterocycles. The Morgan fingerprint density at radius 3 is 2.67 bits per heavy atom. The van der Waals surface area contributed by atoms with Crippen molar-refractivity contribution in [2.75, 3.05) is 0 Å². The van der Waals surface area contributed by atoms with E-state index in [-0.39, 0.29) is 5.06 Å². The highest BCUT2D eigenvalue weighted by Gasteiger charge is 2.16. The lowest BCUT2D eigenvalue weighted by Gasteiger charge is -2.23. The van der Waals surface area contributed by atoms with Crippen LogP contribution < -0.4 is 5.06 Å². The number of allylic oxidation sites excluding steroid dienone is 2. The second kappa shape index (κ2) is 5.14. The molecule has 1 aromatic rings. The number of aryl methyl sites for hydroxylation is 2. The maximum Gasteiger partial charge on any atom is 0.204 e. The highest BCUT2D eigenvalue weighted by molar-refractivity contribution is 7.80. The maximum atomic E-state index is 11.5. The Balaban J connectivity index is 2.32. The van der Waals surface area contributed by atoms with Crippen LogP contribution in [0.25, 0.3) is 0 Å². The van der Waals surface area contributed by atoms with Crippen LogP contribution in [0.3, 0.4) is 0 Å². The fraction of sp³-hybridized carbons (Fsp3) is 0.267. The van der Waals surface area contributed by atoms with Crippen LogP contribution in [0.15, 0.2) is 41.6 Å². The molecule has 1 atom stereocenters. The predicted molar refractivity (Wildman–Crippen MR) is 78.4 cm³/mol. The van der Waals surface area contributed by atoms with Gasteiger partial charge in [-0.05, 0) is 62.2 Å². The molecule has 0 fully saturated rings. The van der Waals surface area contributed by atoms with Crippen molar-refractivity contribution in [2.24, 2.45) is 0 Å². The molecule has 1 aromatic carbocycles. The second-order valence-corrected chi connectivity index (χ2v) is 5.19. The molecule has 0 saturated heterocycles. The van der Waals surface area contributed by atoms with E-state index in [0.29, 0.717) is 4.99 Å². The first-order valence-electron chi connectivity index (χ1n) is 6.01. The molecule has 0 spiro atoms. The summed E-state index contributed by atoms with van der Waals surface area (Å²) in [6.45, 7) is 6.14. The highest BCUT2D eigenvalue weighted by Crippen LogP contribution is 2.19. The molecule has 0 bridgehead atoms. The fourth-order valence-electron chi connectivity index (χ4n) is 2.09. The molecule has 1 aliphatic rings. The molecule has 0 radical (unpaired) electrons. The lowest BCUT2D eigenvalue weighted by atomic mass is 9.95. The molecule has 1 aliphatic heterocycles. The molecule has 1 N–H and O–H groups in total. The van der Waals surface area contributed by atoms with Gasteiger partial charge < -0.3 is 10.3 Å². The summed E-state index contributed by atoms with van der Waals surface area (Å²) >= 11 is 5.14. The van der Waals surface area contributed by atoms with Gasteiger partial charge in [0.25, 0.3) is 0 Å². The Morgan fingerprint density at radius 2 is 1.94 bits per heavy atom. The van der Waals surface area contributed by atoms with Gasteiger partial charge in [-0.2, -0.15) is 0 Å². The van der Waals surface area contributed by atoms with Crippen molar-refractivity contribution < 1.29 is 5.06 Å².